The third kappa shape index (κ3) is 5.42. The second-order valence-electron chi connectivity index (χ2n) is 2.09. The lowest BCUT2D eigenvalue weighted by Crippen LogP contribution is -2.14. The minimum Gasteiger partial charge on any atom is -0.491 e. The molecule has 15 heavy (non-hydrogen) atoms. The molecule has 0 amide bonds. The maximum Gasteiger partial charge on any atom is 0.458 e. The van der Waals surface area contributed by atoms with Gasteiger partial charge >= 0.3 is 12.4 Å². The van der Waals surface area contributed by atoms with E-state index in [4.69, 9.17) is 11.6 Å². The molecular weight excluding hydrogens is 250 g/mol. The first-order valence-electron chi connectivity index (χ1n) is 3.19. The molecule has 0 fully saturated rings. The van der Waals surface area contributed by atoms with Gasteiger partial charge in [0.15, 0.2) is 0 Å². The molecule has 0 heterocycles. The van der Waals surface area contributed by atoms with E-state index in [1.54, 1.807) is 0 Å². The third-order valence-electron chi connectivity index (χ3n) is 0.975. The number of ether oxygens (including phenoxy) is 1. The van der Waals surface area contributed by atoms with E-state index in [0.717, 1.165) is 5.92 Å². The Bertz CT molecular complexity index is 315. The Kier molecular flexibility index (Phi) is 4.34. The standard InChI is InChI=1S/C7H3ClF6O/c1-15-5(7(12,13)14)4(8)2-3-6(9,10)11/h1H3/b5-4+. The molecule has 0 rings (SSSR count). The molecule has 0 saturated carbocycles. The summed E-state index contributed by atoms with van der Waals surface area (Å²) in [5, 5.41) is -1.35. The molecule has 8 heteroatoms. The minimum absolute atomic E-state index is 0.589. The summed E-state index contributed by atoms with van der Waals surface area (Å²) in [6.07, 6.45) is -9.89. The van der Waals surface area contributed by atoms with E-state index in [9.17, 15) is 26.3 Å². The van der Waals surface area contributed by atoms with Crippen LogP contribution in [0.2, 0.25) is 0 Å². The van der Waals surface area contributed by atoms with Crippen molar-refractivity contribution in [1.29, 1.82) is 0 Å². The smallest absolute Gasteiger partial charge is 0.458 e. The van der Waals surface area contributed by atoms with Crippen molar-refractivity contribution in [3.05, 3.63) is 10.8 Å². The minimum atomic E-state index is -4.98. The predicted octanol–water partition coefficient (Wildman–Crippen LogP) is 3.21. The molecule has 0 radical (unpaired) electrons. The van der Waals surface area contributed by atoms with Crippen LogP contribution in [0.5, 0.6) is 0 Å². The Morgan fingerprint density at radius 1 is 1.13 bits per heavy atom. The Morgan fingerprint density at radius 3 is 1.87 bits per heavy atom. The molecule has 0 unspecified atom stereocenters. The zero-order valence-corrected chi connectivity index (χ0v) is 7.81. The van der Waals surface area contributed by atoms with Gasteiger partial charge in [0.25, 0.3) is 0 Å². The molecule has 0 N–H and O–H groups in total. The third-order valence-corrected chi connectivity index (χ3v) is 1.24. The van der Waals surface area contributed by atoms with E-state index in [-0.39, 0.29) is 0 Å². The van der Waals surface area contributed by atoms with Crippen molar-refractivity contribution >= 4 is 11.6 Å². The Morgan fingerprint density at radius 2 is 1.60 bits per heavy atom. The normalized spacial score (nSPS) is 13.9. The summed E-state index contributed by atoms with van der Waals surface area (Å²) in [6, 6.07) is 0. The van der Waals surface area contributed by atoms with Crippen LogP contribution >= 0.6 is 11.6 Å². The van der Waals surface area contributed by atoms with E-state index in [2.05, 4.69) is 4.74 Å². The first kappa shape index (κ1) is 14.0. The van der Waals surface area contributed by atoms with Gasteiger partial charge in [-0.3, -0.25) is 0 Å². The monoisotopic (exact) mass is 252 g/mol. The van der Waals surface area contributed by atoms with Crippen LogP contribution in [0.1, 0.15) is 0 Å². The van der Waals surface area contributed by atoms with Gasteiger partial charge in [0.1, 0.15) is 5.03 Å². The Hall–Kier alpha value is -1.03. The molecule has 0 aliphatic carbocycles. The molecule has 0 aliphatic rings. The molecule has 0 aromatic carbocycles. The molecule has 86 valence electrons. The van der Waals surface area contributed by atoms with Crippen LogP contribution in [0.15, 0.2) is 10.8 Å². The highest BCUT2D eigenvalue weighted by molar-refractivity contribution is 6.32. The lowest BCUT2D eigenvalue weighted by atomic mass is 10.4. The zero-order valence-electron chi connectivity index (χ0n) is 7.05. The van der Waals surface area contributed by atoms with Crippen LogP contribution in [0.3, 0.4) is 0 Å². The second-order valence-corrected chi connectivity index (χ2v) is 2.47. The summed E-state index contributed by atoms with van der Waals surface area (Å²) < 4.78 is 74.2. The molecule has 1 nitrogen and oxygen atoms in total. The molecule has 0 aromatic heterocycles. The van der Waals surface area contributed by atoms with Crippen molar-refractivity contribution in [3.63, 3.8) is 0 Å². The van der Waals surface area contributed by atoms with Gasteiger partial charge < -0.3 is 4.74 Å². The highest BCUT2D eigenvalue weighted by Gasteiger charge is 2.38. The lowest BCUT2D eigenvalue weighted by molar-refractivity contribution is -0.126. The number of hydrogen-bond donors (Lipinski definition) is 0. The first-order valence-corrected chi connectivity index (χ1v) is 3.56. The van der Waals surface area contributed by atoms with Crippen LogP contribution in [-0.4, -0.2) is 19.5 Å². The predicted molar refractivity (Wildman–Crippen MR) is 39.8 cm³/mol. The molecule has 0 aliphatic heterocycles. The number of allylic oxidation sites excluding steroid dienone is 2. The second kappa shape index (κ2) is 4.66. The number of hydrogen-bond acceptors (Lipinski definition) is 1. The van der Waals surface area contributed by atoms with Gasteiger partial charge in [0.05, 0.1) is 7.11 Å². The molecule has 0 saturated heterocycles. The fraction of sp³-hybridized carbons (Fsp3) is 0.429. The van der Waals surface area contributed by atoms with Gasteiger partial charge in [-0.25, -0.2) is 0 Å². The number of methoxy groups -OCH3 is 1. The maximum absolute atomic E-state index is 12.0. The van der Waals surface area contributed by atoms with Gasteiger partial charge in [-0.1, -0.05) is 11.6 Å². The molecule has 0 atom stereocenters. The summed E-state index contributed by atoms with van der Waals surface area (Å²) in [4.78, 5) is 0. The molecule has 0 aromatic rings. The summed E-state index contributed by atoms with van der Waals surface area (Å²) in [7, 11) is 0.625. The summed E-state index contributed by atoms with van der Waals surface area (Å²) in [5.74, 6) is -0.0692. The van der Waals surface area contributed by atoms with Crippen molar-refractivity contribution in [1.82, 2.24) is 0 Å². The van der Waals surface area contributed by atoms with Crippen molar-refractivity contribution < 1.29 is 31.1 Å². The highest BCUT2D eigenvalue weighted by Crippen LogP contribution is 2.30. The van der Waals surface area contributed by atoms with E-state index in [1.807, 2.05) is 0 Å². The number of rotatable bonds is 1. The van der Waals surface area contributed by atoms with E-state index in [0.29, 0.717) is 13.0 Å². The lowest BCUT2D eigenvalue weighted by Gasteiger charge is -2.09. The van der Waals surface area contributed by atoms with Crippen LogP contribution in [-0.2, 0) is 4.74 Å². The fourth-order valence-electron chi connectivity index (χ4n) is 0.512. The van der Waals surface area contributed by atoms with Crippen molar-refractivity contribution in [2.24, 2.45) is 0 Å². The summed E-state index contributed by atoms with van der Waals surface area (Å²) in [6.45, 7) is 0. The number of alkyl halides is 6. The molecule has 0 spiro atoms. The van der Waals surface area contributed by atoms with E-state index < -0.39 is 23.1 Å². The van der Waals surface area contributed by atoms with E-state index in [1.165, 1.54) is 0 Å². The SMILES string of the molecule is CO/C(=C(/Cl)C#CC(F)(F)F)C(F)(F)F. The molecule has 0 bridgehead atoms. The van der Waals surface area contributed by atoms with E-state index >= 15 is 0 Å². The number of halogens is 7. The fourth-order valence-corrected chi connectivity index (χ4v) is 0.744. The largest absolute Gasteiger partial charge is 0.491 e. The van der Waals surface area contributed by atoms with Crippen LogP contribution in [0.25, 0.3) is 0 Å². The molecular formula is C7H3ClF6O. The first-order chi connectivity index (χ1) is 6.58. The van der Waals surface area contributed by atoms with Gasteiger partial charge in [-0.2, -0.15) is 26.3 Å². The van der Waals surface area contributed by atoms with Gasteiger partial charge in [0, 0.05) is 5.92 Å². The van der Waals surface area contributed by atoms with Crippen molar-refractivity contribution in [2.75, 3.05) is 7.11 Å². The average molecular weight is 253 g/mol. The summed E-state index contributed by atoms with van der Waals surface area (Å²) in [5.41, 5.74) is 0. The van der Waals surface area contributed by atoms with Crippen LogP contribution in [0, 0.1) is 11.8 Å². The quantitative estimate of drug-likeness (QED) is 0.396. The maximum atomic E-state index is 12.0. The van der Waals surface area contributed by atoms with Gasteiger partial charge in [-0.15, -0.1) is 0 Å². The average Bonchev–Trinajstić information content (AvgIpc) is 1.98. The van der Waals surface area contributed by atoms with Crippen molar-refractivity contribution in [3.8, 4) is 11.8 Å². The Balaban J connectivity index is 5.14. The van der Waals surface area contributed by atoms with Gasteiger partial charge in [-0.05, 0) is 5.92 Å². The topological polar surface area (TPSA) is 9.23 Å². The van der Waals surface area contributed by atoms with Crippen LogP contribution < -0.4 is 0 Å². The zero-order chi connectivity index (χ0) is 12.3. The van der Waals surface area contributed by atoms with Crippen molar-refractivity contribution in [2.45, 2.75) is 12.4 Å². The Labute approximate surface area is 85.6 Å². The van der Waals surface area contributed by atoms with Gasteiger partial charge in [0.2, 0.25) is 5.76 Å². The summed E-state index contributed by atoms with van der Waals surface area (Å²) >= 11 is 4.90. The highest BCUT2D eigenvalue weighted by atomic mass is 35.5. The van der Waals surface area contributed by atoms with Crippen LogP contribution in [0.4, 0.5) is 26.3 Å².